The van der Waals surface area contributed by atoms with Crippen LogP contribution < -0.4 is 4.72 Å². The number of unbranched alkanes of at least 4 members (excludes halogenated alkanes) is 1. The number of fused-ring (bicyclic) bond motifs is 1. The summed E-state index contributed by atoms with van der Waals surface area (Å²) in [5.74, 6) is 9.27. The summed E-state index contributed by atoms with van der Waals surface area (Å²) >= 11 is 6.33. The lowest BCUT2D eigenvalue weighted by Gasteiger charge is -2.37. The molecule has 0 aromatic carbocycles. The van der Waals surface area contributed by atoms with E-state index in [-0.39, 0.29) is 10.8 Å². The fourth-order valence-corrected chi connectivity index (χ4v) is 6.07. The smallest absolute Gasteiger partial charge is 0.255 e. The van der Waals surface area contributed by atoms with Crippen molar-refractivity contribution in [2.24, 2.45) is 11.8 Å². The van der Waals surface area contributed by atoms with Gasteiger partial charge in [-0.2, -0.15) is 13.2 Å². The number of alkyl halides is 3. The lowest BCUT2D eigenvalue weighted by Crippen LogP contribution is -2.41. The van der Waals surface area contributed by atoms with Crippen molar-refractivity contribution < 1.29 is 17.4 Å². The molecule has 2 aromatic heterocycles. The number of nitrogens with one attached hydrogen (secondary N) is 1. The number of terminal acetylenes is 1. The number of hydrogen-bond acceptors (Lipinski definition) is 3. The molecule has 9 heteroatoms. The topological polar surface area (TPSA) is 54.9 Å². The summed E-state index contributed by atoms with van der Waals surface area (Å²) in [5.41, 5.74) is 4.31. The van der Waals surface area contributed by atoms with Gasteiger partial charge in [-0.1, -0.05) is 62.5 Å². The molecule has 2 heterocycles. The monoisotopic (exact) mass is 559 g/mol. The molecule has 1 saturated carbocycles. The molecule has 0 saturated heterocycles. The van der Waals surface area contributed by atoms with Crippen LogP contribution in [-0.4, -0.2) is 26.4 Å². The van der Waals surface area contributed by atoms with E-state index in [1.807, 2.05) is 10.8 Å². The van der Waals surface area contributed by atoms with Crippen LogP contribution in [0.3, 0.4) is 0 Å². The van der Waals surface area contributed by atoms with Crippen molar-refractivity contribution in [1.29, 1.82) is 0 Å². The maximum Gasteiger partial charge on any atom is 0.415 e. The van der Waals surface area contributed by atoms with E-state index in [0.29, 0.717) is 22.7 Å². The lowest BCUT2D eigenvalue weighted by molar-refractivity contribution is -0.137. The number of nitrogens with zero attached hydrogens (tertiary/aromatic N) is 2. The van der Waals surface area contributed by atoms with Gasteiger partial charge in [0.25, 0.3) is 0 Å². The van der Waals surface area contributed by atoms with Gasteiger partial charge in [0.05, 0.1) is 16.3 Å². The minimum Gasteiger partial charge on any atom is -0.255 e. The zero-order valence-electron chi connectivity index (χ0n) is 21.2. The SMILES string of the molecule is C#CC(NS(=O)c1ccc(C2=C(C#CCCC)c3ccc(Cl)nc3C(C)C(C3CCC3)C2)nc1)C(F)(F)F. The third-order valence-electron chi connectivity index (χ3n) is 7.30. The minimum absolute atomic E-state index is 0.101. The molecule has 0 amide bonds. The van der Waals surface area contributed by atoms with E-state index < -0.39 is 23.2 Å². The average Bonchev–Trinajstić information content (AvgIpc) is 2.96. The first-order chi connectivity index (χ1) is 18.1. The van der Waals surface area contributed by atoms with Gasteiger partial charge in [-0.25, -0.2) is 13.9 Å². The zero-order chi connectivity index (χ0) is 27.4. The van der Waals surface area contributed by atoms with Gasteiger partial charge in [0.15, 0.2) is 6.04 Å². The Morgan fingerprint density at radius 1 is 1.26 bits per heavy atom. The molecule has 0 aliphatic heterocycles. The van der Waals surface area contributed by atoms with Crippen LogP contribution in [-0.2, 0) is 11.0 Å². The Bertz CT molecular complexity index is 1330. The second-order valence-corrected chi connectivity index (χ2v) is 11.4. The number of halogens is 4. The van der Waals surface area contributed by atoms with E-state index in [4.69, 9.17) is 23.0 Å². The molecule has 1 fully saturated rings. The number of aromatic nitrogens is 2. The molecule has 2 aliphatic carbocycles. The highest BCUT2D eigenvalue weighted by molar-refractivity contribution is 7.83. The maximum atomic E-state index is 13.0. The molecule has 0 bridgehead atoms. The molecule has 2 aromatic rings. The van der Waals surface area contributed by atoms with Gasteiger partial charge in [0.2, 0.25) is 0 Å². The largest absolute Gasteiger partial charge is 0.415 e. The number of rotatable bonds is 6. The van der Waals surface area contributed by atoms with Crippen LogP contribution >= 0.6 is 11.6 Å². The molecule has 4 nitrogen and oxygen atoms in total. The molecule has 4 rings (SSSR count). The molecule has 0 radical (unpaired) electrons. The van der Waals surface area contributed by atoms with Gasteiger partial charge >= 0.3 is 6.18 Å². The fraction of sp³-hybridized carbons (Fsp3) is 0.448. The molecular weight excluding hydrogens is 531 g/mol. The first-order valence-corrected chi connectivity index (χ1v) is 14.2. The van der Waals surface area contributed by atoms with E-state index >= 15 is 0 Å². The van der Waals surface area contributed by atoms with Crippen molar-refractivity contribution in [3.05, 3.63) is 52.6 Å². The maximum absolute atomic E-state index is 13.0. The van der Waals surface area contributed by atoms with Crippen LogP contribution in [0.25, 0.3) is 11.1 Å². The summed E-state index contributed by atoms with van der Waals surface area (Å²) in [4.78, 5) is 9.39. The Morgan fingerprint density at radius 2 is 2.03 bits per heavy atom. The predicted molar refractivity (Wildman–Crippen MR) is 145 cm³/mol. The van der Waals surface area contributed by atoms with Gasteiger partial charge in [0, 0.05) is 29.7 Å². The van der Waals surface area contributed by atoms with E-state index in [1.54, 1.807) is 18.1 Å². The number of allylic oxidation sites excluding steroid dienone is 2. The Labute approximate surface area is 229 Å². The highest BCUT2D eigenvalue weighted by Crippen LogP contribution is 2.49. The van der Waals surface area contributed by atoms with Crippen LogP contribution in [0, 0.1) is 36.0 Å². The zero-order valence-corrected chi connectivity index (χ0v) is 22.8. The second kappa shape index (κ2) is 12.0. The Kier molecular flexibility index (Phi) is 8.98. The minimum atomic E-state index is -4.72. The third kappa shape index (κ3) is 6.15. The quantitative estimate of drug-likeness (QED) is 0.308. The normalized spacial score (nSPS) is 21.3. The van der Waals surface area contributed by atoms with Crippen molar-refractivity contribution in [3.63, 3.8) is 0 Å². The van der Waals surface area contributed by atoms with Gasteiger partial charge in [-0.05, 0) is 54.5 Å². The summed E-state index contributed by atoms with van der Waals surface area (Å²) in [6, 6.07) is 4.62. The van der Waals surface area contributed by atoms with Crippen LogP contribution in [0.5, 0.6) is 0 Å². The van der Waals surface area contributed by atoms with Crippen molar-refractivity contribution in [3.8, 4) is 24.2 Å². The summed E-state index contributed by atoms with van der Waals surface area (Å²) in [6.45, 7) is 4.26. The molecule has 0 spiro atoms. The standard InChI is InChI=1S/C29H29ClF3N3OS/c1-4-6-7-11-21-22-13-15-27(30)35-28(22)18(3)23(19-9-8-10-19)16-24(21)25-14-12-20(17-34-25)38(37)36-26(5-2)29(31,32)33/h2,12-15,17-19,23,26,36H,4,6,8-10,16H2,1,3H3. The first-order valence-electron chi connectivity index (χ1n) is 12.7. The van der Waals surface area contributed by atoms with E-state index in [1.165, 1.54) is 18.7 Å². The molecule has 4 atom stereocenters. The van der Waals surface area contributed by atoms with Crippen LogP contribution in [0.1, 0.15) is 75.2 Å². The first kappa shape index (κ1) is 28.4. The Hall–Kier alpha value is -2.65. The fourth-order valence-electron chi connectivity index (χ4n) is 5.02. The van der Waals surface area contributed by atoms with Gasteiger partial charge in [-0.3, -0.25) is 4.98 Å². The van der Waals surface area contributed by atoms with E-state index in [2.05, 4.69) is 30.7 Å². The van der Waals surface area contributed by atoms with Gasteiger partial charge in [-0.15, -0.1) is 6.42 Å². The van der Waals surface area contributed by atoms with Crippen molar-refractivity contribution >= 4 is 33.7 Å². The summed E-state index contributed by atoms with van der Waals surface area (Å²) < 4.78 is 53.6. The van der Waals surface area contributed by atoms with Crippen molar-refractivity contribution in [1.82, 2.24) is 14.7 Å². The van der Waals surface area contributed by atoms with Crippen LogP contribution in [0.4, 0.5) is 13.2 Å². The number of hydrogen-bond donors (Lipinski definition) is 1. The number of pyridine rings is 2. The van der Waals surface area contributed by atoms with Gasteiger partial charge < -0.3 is 0 Å². The van der Waals surface area contributed by atoms with E-state index in [0.717, 1.165) is 54.5 Å². The predicted octanol–water partition coefficient (Wildman–Crippen LogP) is 6.94. The molecule has 38 heavy (non-hydrogen) atoms. The van der Waals surface area contributed by atoms with Crippen molar-refractivity contribution in [2.75, 3.05) is 0 Å². The van der Waals surface area contributed by atoms with Gasteiger partial charge in [0.1, 0.15) is 16.1 Å². The van der Waals surface area contributed by atoms with E-state index in [9.17, 15) is 17.4 Å². The second-order valence-electron chi connectivity index (χ2n) is 9.73. The molecular formula is C29H29ClF3N3OS. The molecule has 4 unspecified atom stereocenters. The highest BCUT2D eigenvalue weighted by Gasteiger charge is 2.40. The summed E-state index contributed by atoms with van der Waals surface area (Å²) in [7, 11) is -2.19. The molecule has 1 N–H and O–H groups in total. The summed E-state index contributed by atoms with van der Waals surface area (Å²) in [6.07, 6.45) is 7.51. The van der Waals surface area contributed by atoms with Crippen LogP contribution in [0.2, 0.25) is 5.15 Å². The lowest BCUT2D eigenvalue weighted by atomic mass is 9.68. The Balaban J connectivity index is 1.78. The molecule has 200 valence electrons. The Morgan fingerprint density at radius 3 is 2.61 bits per heavy atom. The average molecular weight is 560 g/mol. The third-order valence-corrected chi connectivity index (χ3v) is 8.63. The van der Waals surface area contributed by atoms with Crippen LogP contribution in [0.15, 0.2) is 35.4 Å². The highest BCUT2D eigenvalue weighted by atomic mass is 35.5. The van der Waals surface area contributed by atoms with Crippen molar-refractivity contribution in [2.45, 2.75) is 75.4 Å². The summed E-state index contributed by atoms with van der Waals surface area (Å²) in [5, 5.41) is 0.439. The molecule has 2 aliphatic rings.